The van der Waals surface area contributed by atoms with Gasteiger partial charge in [-0.3, -0.25) is 0 Å². The zero-order chi connectivity index (χ0) is 16.0. The molecule has 0 aliphatic carbocycles. The van der Waals surface area contributed by atoms with Crippen LogP contribution in [0.2, 0.25) is 0 Å². The van der Waals surface area contributed by atoms with E-state index in [1.807, 2.05) is 25.1 Å². The molecule has 0 spiro atoms. The molecule has 1 fully saturated rings. The van der Waals surface area contributed by atoms with Crippen LogP contribution in [0.3, 0.4) is 0 Å². The molecule has 2 nitrogen and oxygen atoms in total. The fourth-order valence-electron chi connectivity index (χ4n) is 2.78. The molecule has 2 aromatic carbocycles. The lowest BCUT2D eigenvalue weighted by molar-refractivity contribution is 0.00578. The Hall–Kier alpha value is -1.76. The average molecular weight is 292 g/mol. The summed E-state index contributed by atoms with van der Waals surface area (Å²) in [7, 11) is -0.367. The van der Waals surface area contributed by atoms with Crippen molar-refractivity contribution in [2.24, 2.45) is 0 Å². The maximum Gasteiger partial charge on any atom is 0.495 e. The van der Waals surface area contributed by atoms with E-state index in [9.17, 15) is 0 Å². The average Bonchev–Trinajstić information content (AvgIpc) is 2.67. The summed E-state index contributed by atoms with van der Waals surface area (Å²) in [5.41, 5.74) is 1.39. The molecule has 112 valence electrons. The molecular weight excluding hydrogens is 271 g/mol. The van der Waals surface area contributed by atoms with Gasteiger partial charge in [-0.05, 0) is 56.9 Å². The molecule has 0 aromatic heterocycles. The third kappa shape index (κ3) is 2.33. The van der Waals surface area contributed by atoms with Gasteiger partial charge in [-0.1, -0.05) is 36.3 Å². The van der Waals surface area contributed by atoms with Crippen LogP contribution in [0.15, 0.2) is 36.4 Å². The zero-order valence-corrected chi connectivity index (χ0v) is 13.9. The van der Waals surface area contributed by atoms with Crippen LogP contribution in [0.25, 0.3) is 10.8 Å². The maximum atomic E-state index is 6.22. The van der Waals surface area contributed by atoms with Gasteiger partial charge < -0.3 is 9.31 Å². The summed E-state index contributed by atoms with van der Waals surface area (Å²) < 4.78 is 12.4. The van der Waals surface area contributed by atoms with E-state index in [0.717, 1.165) is 21.8 Å². The molecule has 0 saturated carbocycles. The molecule has 0 amide bonds. The smallest absolute Gasteiger partial charge is 0.399 e. The van der Waals surface area contributed by atoms with Gasteiger partial charge in [-0.25, -0.2) is 0 Å². The summed E-state index contributed by atoms with van der Waals surface area (Å²) >= 11 is 0. The van der Waals surface area contributed by atoms with Crippen LogP contribution in [0, 0.1) is 11.8 Å². The molecular formula is C19H21BO2. The molecule has 3 rings (SSSR count). The van der Waals surface area contributed by atoms with Gasteiger partial charge in [0.05, 0.1) is 11.2 Å². The van der Waals surface area contributed by atoms with Gasteiger partial charge >= 0.3 is 7.12 Å². The topological polar surface area (TPSA) is 18.5 Å². The predicted molar refractivity (Wildman–Crippen MR) is 92.2 cm³/mol. The molecule has 3 heteroatoms. The zero-order valence-electron chi connectivity index (χ0n) is 13.9. The van der Waals surface area contributed by atoms with Crippen molar-refractivity contribution in [3.63, 3.8) is 0 Å². The van der Waals surface area contributed by atoms with E-state index in [1.165, 1.54) is 0 Å². The Balaban J connectivity index is 2.18. The third-order valence-corrected chi connectivity index (χ3v) is 4.70. The first-order valence-electron chi connectivity index (χ1n) is 7.66. The lowest BCUT2D eigenvalue weighted by atomic mass is 9.75. The van der Waals surface area contributed by atoms with E-state index >= 15 is 0 Å². The number of rotatable bonds is 1. The Morgan fingerprint density at radius 3 is 2.09 bits per heavy atom. The van der Waals surface area contributed by atoms with Crippen molar-refractivity contribution in [2.75, 3.05) is 0 Å². The van der Waals surface area contributed by atoms with Gasteiger partial charge in [-0.2, -0.15) is 0 Å². The Bertz CT molecular complexity index is 760. The molecule has 22 heavy (non-hydrogen) atoms. The van der Waals surface area contributed by atoms with Crippen LogP contribution >= 0.6 is 0 Å². The summed E-state index contributed by atoms with van der Waals surface area (Å²) in [4.78, 5) is 0. The van der Waals surface area contributed by atoms with Gasteiger partial charge in [-0.15, -0.1) is 5.92 Å². The Morgan fingerprint density at radius 2 is 1.50 bits per heavy atom. The first-order chi connectivity index (χ1) is 10.4. The highest BCUT2D eigenvalue weighted by Gasteiger charge is 2.52. The second kappa shape index (κ2) is 5.16. The lowest BCUT2D eigenvalue weighted by Gasteiger charge is -2.32. The molecule has 0 N–H and O–H groups in total. The first-order valence-corrected chi connectivity index (χ1v) is 7.66. The van der Waals surface area contributed by atoms with Crippen LogP contribution in [0.1, 0.15) is 40.2 Å². The summed E-state index contributed by atoms with van der Waals surface area (Å²) in [5, 5.41) is 2.28. The number of hydrogen-bond acceptors (Lipinski definition) is 2. The lowest BCUT2D eigenvalue weighted by Crippen LogP contribution is -2.41. The first kappa shape index (κ1) is 15.2. The summed E-state index contributed by atoms with van der Waals surface area (Å²) in [5.74, 6) is 6.19. The van der Waals surface area contributed by atoms with Gasteiger partial charge in [0.1, 0.15) is 0 Å². The highest BCUT2D eigenvalue weighted by molar-refractivity contribution is 6.65. The van der Waals surface area contributed by atoms with E-state index < -0.39 is 0 Å². The molecule has 0 atom stereocenters. The molecule has 2 aromatic rings. The van der Waals surface area contributed by atoms with Crippen molar-refractivity contribution >= 4 is 23.4 Å². The van der Waals surface area contributed by atoms with Gasteiger partial charge in [0, 0.05) is 5.56 Å². The second-order valence-electron chi connectivity index (χ2n) is 6.71. The van der Waals surface area contributed by atoms with E-state index in [2.05, 4.69) is 57.7 Å². The Morgan fingerprint density at radius 1 is 0.909 bits per heavy atom. The fourth-order valence-corrected chi connectivity index (χ4v) is 2.78. The van der Waals surface area contributed by atoms with E-state index in [4.69, 9.17) is 9.31 Å². The third-order valence-electron chi connectivity index (χ3n) is 4.70. The van der Waals surface area contributed by atoms with Gasteiger partial charge in [0.2, 0.25) is 0 Å². The van der Waals surface area contributed by atoms with Crippen LogP contribution in [0.4, 0.5) is 0 Å². The Kier molecular flexibility index (Phi) is 3.55. The normalized spacial score (nSPS) is 19.0. The summed E-state index contributed by atoms with van der Waals surface area (Å²) in [6, 6.07) is 12.4. The SMILES string of the molecule is CC#Cc1cccc2cccc(B3OC(C)(C)C(C)(C)O3)c12. The number of hydrogen-bond donors (Lipinski definition) is 0. The summed E-state index contributed by atoms with van der Waals surface area (Å²) in [6.07, 6.45) is 0. The van der Waals surface area contributed by atoms with Crippen molar-refractivity contribution < 1.29 is 9.31 Å². The van der Waals surface area contributed by atoms with Gasteiger partial charge in [0.25, 0.3) is 0 Å². The molecule has 1 saturated heterocycles. The Labute approximate surface area is 133 Å². The fraction of sp³-hybridized carbons (Fsp3) is 0.368. The van der Waals surface area contributed by atoms with Crippen molar-refractivity contribution in [1.29, 1.82) is 0 Å². The van der Waals surface area contributed by atoms with Crippen LogP contribution in [0.5, 0.6) is 0 Å². The van der Waals surface area contributed by atoms with E-state index in [0.29, 0.717) is 0 Å². The highest BCUT2D eigenvalue weighted by Crippen LogP contribution is 2.37. The quantitative estimate of drug-likeness (QED) is 0.591. The van der Waals surface area contributed by atoms with Crippen LogP contribution < -0.4 is 5.46 Å². The molecule has 0 unspecified atom stereocenters. The standard InChI is InChI=1S/C19H21BO2/c1-6-9-14-10-7-11-15-12-8-13-16(17(14)15)20-21-18(2,3)19(4,5)22-20/h7-8,10-13H,1-5H3. The number of benzene rings is 2. The summed E-state index contributed by atoms with van der Waals surface area (Å²) in [6.45, 7) is 10.2. The van der Waals surface area contributed by atoms with Gasteiger partial charge in [0.15, 0.2) is 0 Å². The minimum atomic E-state index is -0.367. The maximum absolute atomic E-state index is 6.22. The van der Waals surface area contributed by atoms with E-state index in [-0.39, 0.29) is 18.3 Å². The highest BCUT2D eigenvalue weighted by atomic mass is 16.7. The van der Waals surface area contributed by atoms with Crippen molar-refractivity contribution in [3.05, 3.63) is 42.0 Å². The monoisotopic (exact) mass is 292 g/mol. The minimum absolute atomic E-state index is 0.342. The second-order valence-corrected chi connectivity index (χ2v) is 6.71. The van der Waals surface area contributed by atoms with Crippen molar-refractivity contribution in [2.45, 2.75) is 45.8 Å². The van der Waals surface area contributed by atoms with Crippen LogP contribution in [-0.4, -0.2) is 18.3 Å². The molecule has 0 bridgehead atoms. The minimum Gasteiger partial charge on any atom is -0.399 e. The molecule has 1 aliphatic rings. The molecule has 0 radical (unpaired) electrons. The number of fused-ring (bicyclic) bond motifs is 1. The predicted octanol–water partition coefficient (Wildman–Crippen LogP) is 3.51. The molecule has 1 aliphatic heterocycles. The van der Waals surface area contributed by atoms with Crippen molar-refractivity contribution in [3.8, 4) is 11.8 Å². The van der Waals surface area contributed by atoms with E-state index in [1.54, 1.807) is 0 Å². The van der Waals surface area contributed by atoms with Crippen LogP contribution in [-0.2, 0) is 9.31 Å². The largest absolute Gasteiger partial charge is 0.495 e. The molecule has 1 heterocycles. The van der Waals surface area contributed by atoms with Crippen molar-refractivity contribution in [1.82, 2.24) is 0 Å².